The highest BCUT2D eigenvalue weighted by atomic mass is 16.5. The molecular formula is C25H26O2. The van der Waals surface area contributed by atoms with E-state index in [1.54, 1.807) is 0 Å². The van der Waals surface area contributed by atoms with Gasteiger partial charge in [-0.3, -0.25) is 0 Å². The van der Waals surface area contributed by atoms with E-state index >= 15 is 0 Å². The standard InChI is InChI=1S/C25H26O2/c1-18-10-12-20(3)24(14-18)26-17-23(16-22-8-6-5-7-9-22)27-25-15-19(2)11-13-21(25)4/h5-16H,17H2,1-4H3/b23-16-. The third kappa shape index (κ3) is 5.24. The average molecular weight is 358 g/mol. The van der Waals surface area contributed by atoms with Gasteiger partial charge in [0.15, 0.2) is 0 Å². The molecule has 0 atom stereocenters. The van der Waals surface area contributed by atoms with Gasteiger partial charge in [-0.25, -0.2) is 0 Å². The summed E-state index contributed by atoms with van der Waals surface area (Å²) < 4.78 is 12.4. The third-order valence-electron chi connectivity index (χ3n) is 4.43. The molecule has 0 saturated heterocycles. The van der Waals surface area contributed by atoms with Crippen LogP contribution in [-0.4, -0.2) is 6.61 Å². The minimum absolute atomic E-state index is 0.368. The van der Waals surface area contributed by atoms with Crippen LogP contribution in [0.1, 0.15) is 27.8 Å². The zero-order chi connectivity index (χ0) is 19.2. The maximum atomic E-state index is 6.26. The van der Waals surface area contributed by atoms with Crippen molar-refractivity contribution in [2.24, 2.45) is 0 Å². The summed E-state index contributed by atoms with van der Waals surface area (Å²) in [6.07, 6.45) is 2.03. The molecule has 3 aromatic carbocycles. The van der Waals surface area contributed by atoms with Gasteiger partial charge in [0, 0.05) is 0 Å². The molecule has 0 spiro atoms. The molecule has 2 heteroatoms. The molecule has 2 nitrogen and oxygen atoms in total. The fourth-order valence-corrected chi connectivity index (χ4v) is 2.81. The lowest BCUT2D eigenvalue weighted by molar-refractivity contribution is 0.281. The SMILES string of the molecule is Cc1ccc(C)c(OC/C(=C/c2ccccc2)Oc2cc(C)ccc2C)c1. The van der Waals surface area contributed by atoms with E-state index in [-0.39, 0.29) is 0 Å². The van der Waals surface area contributed by atoms with E-state index in [2.05, 4.69) is 76.2 Å². The van der Waals surface area contributed by atoms with Gasteiger partial charge >= 0.3 is 0 Å². The van der Waals surface area contributed by atoms with Gasteiger partial charge in [-0.2, -0.15) is 0 Å². The summed E-state index contributed by atoms with van der Waals surface area (Å²) in [5.41, 5.74) is 5.66. The molecule has 3 aromatic rings. The summed E-state index contributed by atoms with van der Waals surface area (Å²) >= 11 is 0. The van der Waals surface area contributed by atoms with E-state index in [1.807, 2.05) is 24.3 Å². The van der Waals surface area contributed by atoms with Crippen LogP contribution in [0.15, 0.2) is 72.5 Å². The van der Waals surface area contributed by atoms with Crippen molar-refractivity contribution in [1.82, 2.24) is 0 Å². The summed E-state index contributed by atoms with van der Waals surface area (Å²) in [6, 6.07) is 22.6. The van der Waals surface area contributed by atoms with Crippen LogP contribution >= 0.6 is 0 Å². The Bertz CT molecular complexity index is 940. The molecule has 3 rings (SSSR count). The highest BCUT2D eigenvalue weighted by Gasteiger charge is 2.08. The van der Waals surface area contributed by atoms with Crippen molar-refractivity contribution in [1.29, 1.82) is 0 Å². The van der Waals surface area contributed by atoms with Crippen LogP contribution in [0.3, 0.4) is 0 Å². The first-order valence-corrected chi connectivity index (χ1v) is 9.22. The van der Waals surface area contributed by atoms with Gasteiger partial charge in [0.1, 0.15) is 23.9 Å². The molecule has 0 unspecified atom stereocenters. The Balaban J connectivity index is 1.87. The second kappa shape index (κ2) is 8.59. The fraction of sp³-hybridized carbons (Fsp3) is 0.200. The molecule has 0 aliphatic carbocycles. The van der Waals surface area contributed by atoms with Crippen LogP contribution in [0.2, 0.25) is 0 Å². The molecule has 138 valence electrons. The predicted octanol–water partition coefficient (Wildman–Crippen LogP) is 6.42. The van der Waals surface area contributed by atoms with Gasteiger partial charge in [-0.15, -0.1) is 0 Å². The van der Waals surface area contributed by atoms with Crippen LogP contribution < -0.4 is 9.47 Å². The number of hydrogen-bond donors (Lipinski definition) is 0. The Kier molecular flexibility index (Phi) is 5.97. The molecule has 0 aliphatic rings. The monoisotopic (exact) mass is 358 g/mol. The number of aryl methyl sites for hydroxylation is 4. The highest BCUT2D eigenvalue weighted by molar-refractivity contribution is 5.52. The van der Waals surface area contributed by atoms with E-state index in [9.17, 15) is 0 Å². The van der Waals surface area contributed by atoms with Crippen molar-refractivity contribution in [3.05, 3.63) is 100 Å². The molecule has 0 N–H and O–H groups in total. The van der Waals surface area contributed by atoms with Crippen molar-refractivity contribution in [3.63, 3.8) is 0 Å². The minimum Gasteiger partial charge on any atom is -0.485 e. The van der Waals surface area contributed by atoms with Gasteiger partial charge in [-0.05, 0) is 73.7 Å². The largest absolute Gasteiger partial charge is 0.485 e. The molecule has 0 aromatic heterocycles. The summed E-state index contributed by atoms with van der Waals surface area (Å²) in [5.74, 6) is 2.52. The van der Waals surface area contributed by atoms with E-state index in [0.29, 0.717) is 6.61 Å². The first kappa shape index (κ1) is 18.8. The Hall–Kier alpha value is -3.00. The summed E-state index contributed by atoms with van der Waals surface area (Å²) in [7, 11) is 0. The van der Waals surface area contributed by atoms with Crippen molar-refractivity contribution < 1.29 is 9.47 Å². The Morgan fingerprint density at radius 1 is 0.741 bits per heavy atom. The molecule has 0 fully saturated rings. The zero-order valence-corrected chi connectivity index (χ0v) is 16.5. The van der Waals surface area contributed by atoms with E-state index < -0.39 is 0 Å². The quantitative estimate of drug-likeness (QED) is 0.473. The molecule has 0 aliphatic heterocycles. The molecule has 27 heavy (non-hydrogen) atoms. The third-order valence-corrected chi connectivity index (χ3v) is 4.43. The Morgan fingerprint density at radius 3 is 2.00 bits per heavy atom. The Morgan fingerprint density at radius 2 is 1.33 bits per heavy atom. The summed E-state index contributed by atoms with van der Waals surface area (Å²) in [6.45, 7) is 8.62. The van der Waals surface area contributed by atoms with Crippen LogP contribution in [0.4, 0.5) is 0 Å². The smallest absolute Gasteiger partial charge is 0.146 e. The maximum Gasteiger partial charge on any atom is 0.146 e. The van der Waals surface area contributed by atoms with E-state index in [0.717, 1.165) is 33.9 Å². The molecular weight excluding hydrogens is 332 g/mol. The summed E-state index contributed by atoms with van der Waals surface area (Å²) in [4.78, 5) is 0. The first-order chi connectivity index (χ1) is 13.0. The van der Waals surface area contributed by atoms with Crippen LogP contribution in [0.25, 0.3) is 6.08 Å². The van der Waals surface area contributed by atoms with Gasteiger partial charge in [0.2, 0.25) is 0 Å². The first-order valence-electron chi connectivity index (χ1n) is 9.22. The van der Waals surface area contributed by atoms with Gasteiger partial charge in [0.25, 0.3) is 0 Å². The number of hydrogen-bond acceptors (Lipinski definition) is 2. The molecule has 0 amide bonds. The van der Waals surface area contributed by atoms with Crippen LogP contribution in [0, 0.1) is 27.7 Å². The maximum absolute atomic E-state index is 6.26. The van der Waals surface area contributed by atoms with Crippen molar-refractivity contribution >= 4 is 6.08 Å². The number of benzene rings is 3. The lowest BCUT2D eigenvalue weighted by Gasteiger charge is -2.15. The Labute approximate surface area is 162 Å². The lowest BCUT2D eigenvalue weighted by Crippen LogP contribution is -2.09. The van der Waals surface area contributed by atoms with Gasteiger partial charge in [0.05, 0.1) is 0 Å². The molecule has 0 bridgehead atoms. The predicted molar refractivity (Wildman–Crippen MR) is 112 cm³/mol. The van der Waals surface area contributed by atoms with E-state index in [1.165, 1.54) is 11.1 Å². The van der Waals surface area contributed by atoms with Crippen molar-refractivity contribution in [3.8, 4) is 11.5 Å². The second-order valence-corrected chi connectivity index (χ2v) is 6.95. The summed E-state index contributed by atoms with van der Waals surface area (Å²) in [5, 5.41) is 0. The number of rotatable bonds is 6. The second-order valence-electron chi connectivity index (χ2n) is 6.95. The molecule has 0 radical (unpaired) electrons. The van der Waals surface area contributed by atoms with Crippen LogP contribution in [0.5, 0.6) is 11.5 Å². The van der Waals surface area contributed by atoms with Gasteiger partial charge in [-0.1, -0.05) is 54.6 Å². The molecule has 0 saturated carbocycles. The van der Waals surface area contributed by atoms with Crippen molar-refractivity contribution in [2.45, 2.75) is 27.7 Å². The lowest BCUT2D eigenvalue weighted by atomic mass is 10.1. The van der Waals surface area contributed by atoms with Gasteiger partial charge < -0.3 is 9.47 Å². The topological polar surface area (TPSA) is 18.5 Å². The van der Waals surface area contributed by atoms with Crippen LogP contribution in [-0.2, 0) is 0 Å². The average Bonchev–Trinajstić information content (AvgIpc) is 2.66. The van der Waals surface area contributed by atoms with Crippen molar-refractivity contribution in [2.75, 3.05) is 6.61 Å². The molecule has 0 heterocycles. The normalized spacial score (nSPS) is 11.3. The highest BCUT2D eigenvalue weighted by Crippen LogP contribution is 2.24. The number of ether oxygens (including phenoxy) is 2. The fourth-order valence-electron chi connectivity index (χ4n) is 2.81. The minimum atomic E-state index is 0.368. The van der Waals surface area contributed by atoms with E-state index in [4.69, 9.17) is 9.47 Å². The zero-order valence-electron chi connectivity index (χ0n) is 16.5.